The van der Waals surface area contributed by atoms with Crippen LogP contribution in [-0.2, 0) is 23.9 Å². The van der Waals surface area contributed by atoms with Crippen molar-refractivity contribution in [1.29, 1.82) is 0 Å². The molecule has 3 amide bonds. The average Bonchev–Trinajstić information content (AvgIpc) is 2.97. The molecular weight excluding hydrogens is 380 g/mol. The van der Waals surface area contributed by atoms with Crippen molar-refractivity contribution in [3.05, 3.63) is 35.4 Å². The summed E-state index contributed by atoms with van der Waals surface area (Å²) >= 11 is 0. The molecule has 0 bridgehead atoms. The van der Waals surface area contributed by atoms with Gasteiger partial charge in [0.2, 0.25) is 0 Å². The molecule has 0 unspecified atom stereocenters. The summed E-state index contributed by atoms with van der Waals surface area (Å²) in [4.78, 5) is 62.8. The van der Waals surface area contributed by atoms with E-state index in [2.05, 4.69) is 0 Å². The lowest BCUT2D eigenvalue weighted by molar-refractivity contribution is -0.154. The summed E-state index contributed by atoms with van der Waals surface area (Å²) in [6.07, 6.45) is 0.987. The van der Waals surface area contributed by atoms with E-state index in [1.54, 1.807) is 19.1 Å². The minimum absolute atomic E-state index is 0.227. The van der Waals surface area contributed by atoms with Gasteiger partial charge in [0.15, 0.2) is 6.61 Å². The molecule has 2 aliphatic heterocycles. The van der Waals surface area contributed by atoms with Crippen molar-refractivity contribution in [1.82, 2.24) is 9.80 Å². The van der Waals surface area contributed by atoms with Crippen LogP contribution < -0.4 is 0 Å². The van der Waals surface area contributed by atoms with E-state index in [-0.39, 0.29) is 28.9 Å². The van der Waals surface area contributed by atoms with E-state index in [4.69, 9.17) is 9.47 Å². The van der Waals surface area contributed by atoms with Crippen LogP contribution in [0.3, 0.4) is 0 Å². The zero-order valence-electron chi connectivity index (χ0n) is 16.1. The van der Waals surface area contributed by atoms with Crippen molar-refractivity contribution in [2.75, 3.05) is 32.8 Å². The van der Waals surface area contributed by atoms with Crippen LogP contribution in [0.1, 0.15) is 40.5 Å². The number of hydrogen-bond donors (Lipinski definition) is 0. The molecule has 0 spiro atoms. The number of fused-ring (bicyclic) bond motifs is 1. The Morgan fingerprint density at radius 1 is 1.00 bits per heavy atom. The number of ether oxygens (including phenoxy) is 2. The zero-order chi connectivity index (χ0) is 21.0. The number of carbonyl (C=O) groups is 5. The van der Waals surface area contributed by atoms with E-state index in [0.29, 0.717) is 32.5 Å². The fraction of sp³-hybridized carbons (Fsp3) is 0.450. The van der Waals surface area contributed by atoms with Crippen molar-refractivity contribution in [2.24, 2.45) is 5.92 Å². The number of imide groups is 1. The van der Waals surface area contributed by atoms with Gasteiger partial charge in [-0.3, -0.25) is 28.9 Å². The highest BCUT2D eigenvalue weighted by Gasteiger charge is 2.37. The van der Waals surface area contributed by atoms with Crippen molar-refractivity contribution < 1.29 is 33.4 Å². The van der Waals surface area contributed by atoms with Crippen molar-refractivity contribution in [3.63, 3.8) is 0 Å². The number of piperidine rings is 1. The number of esters is 2. The highest BCUT2D eigenvalue weighted by Crippen LogP contribution is 2.22. The number of nitrogens with zero attached hydrogens (tertiary/aromatic N) is 2. The van der Waals surface area contributed by atoms with Gasteiger partial charge in [0.25, 0.3) is 17.7 Å². The van der Waals surface area contributed by atoms with Crippen LogP contribution in [0.15, 0.2) is 24.3 Å². The number of benzene rings is 1. The second-order valence-electron chi connectivity index (χ2n) is 6.81. The largest absolute Gasteiger partial charge is 0.466 e. The highest BCUT2D eigenvalue weighted by molar-refractivity contribution is 6.22. The summed E-state index contributed by atoms with van der Waals surface area (Å²) in [6, 6.07) is 6.31. The van der Waals surface area contributed by atoms with Crippen molar-refractivity contribution >= 4 is 29.7 Å². The number of rotatable bonds is 6. The SMILES string of the molecule is CCOC(=O)C1CCN(C(=O)COC(=O)CN2C(=O)c3ccccc3C2=O)CC1. The minimum Gasteiger partial charge on any atom is -0.466 e. The second-order valence-corrected chi connectivity index (χ2v) is 6.81. The first-order valence-electron chi connectivity index (χ1n) is 9.47. The van der Waals surface area contributed by atoms with Crippen LogP contribution in [0.5, 0.6) is 0 Å². The molecule has 1 aromatic rings. The molecule has 0 N–H and O–H groups in total. The first-order chi connectivity index (χ1) is 13.9. The third-order valence-corrected chi connectivity index (χ3v) is 4.99. The normalized spacial score (nSPS) is 16.6. The van der Waals surface area contributed by atoms with E-state index in [0.717, 1.165) is 4.90 Å². The van der Waals surface area contributed by atoms with Crippen molar-refractivity contribution in [3.8, 4) is 0 Å². The summed E-state index contributed by atoms with van der Waals surface area (Å²) < 4.78 is 9.95. The summed E-state index contributed by atoms with van der Waals surface area (Å²) in [7, 11) is 0. The number of amides is 3. The fourth-order valence-corrected chi connectivity index (χ4v) is 3.42. The molecule has 0 radical (unpaired) electrons. The quantitative estimate of drug-likeness (QED) is 0.507. The molecule has 9 nitrogen and oxygen atoms in total. The molecule has 3 rings (SSSR count). The zero-order valence-corrected chi connectivity index (χ0v) is 16.1. The standard InChI is InChI=1S/C20H22N2O7/c1-2-28-20(27)13-7-9-21(10-8-13)16(23)12-29-17(24)11-22-18(25)14-5-3-4-6-15(14)19(22)26/h3-6,13H,2,7-12H2,1H3. The van der Waals surface area contributed by atoms with E-state index in [1.807, 2.05) is 0 Å². The van der Waals surface area contributed by atoms with Gasteiger partial charge in [-0.05, 0) is 31.9 Å². The molecule has 1 saturated heterocycles. The third kappa shape index (κ3) is 4.44. The summed E-state index contributed by atoms with van der Waals surface area (Å²) in [6.45, 7) is 1.78. The van der Waals surface area contributed by atoms with Crippen LogP contribution >= 0.6 is 0 Å². The Hall–Kier alpha value is -3.23. The number of hydrogen-bond acceptors (Lipinski definition) is 7. The molecular formula is C20H22N2O7. The molecule has 0 aromatic heterocycles. The summed E-state index contributed by atoms with van der Waals surface area (Å²) in [5.41, 5.74) is 0.483. The molecule has 29 heavy (non-hydrogen) atoms. The Kier molecular flexibility index (Phi) is 6.26. The first kappa shape index (κ1) is 20.5. The van der Waals surface area contributed by atoms with Gasteiger partial charge in [-0.1, -0.05) is 12.1 Å². The fourth-order valence-electron chi connectivity index (χ4n) is 3.42. The molecule has 0 saturated carbocycles. The maximum absolute atomic E-state index is 12.2. The Labute approximate surface area is 167 Å². The third-order valence-electron chi connectivity index (χ3n) is 4.99. The first-order valence-corrected chi connectivity index (χ1v) is 9.47. The van der Waals surface area contributed by atoms with Crippen molar-refractivity contribution in [2.45, 2.75) is 19.8 Å². The smallest absolute Gasteiger partial charge is 0.326 e. The van der Waals surface area contributed by atoms with Gasteiger partial charge in [0.05, 0.1) is 23.7 Å². The predicted octanol–water partition coefficient (Wildman–Crippen LogP) is 0.627. The molecule has 1 aromatic carbocycles. The van der Waals surface area contributed by atoms with Crippen LogP contribution in [0.4, 0.5) is 0 Å². The highest BCUT2D eigenvalue weighted by atomic mass is 16.5. The second kappa shape index (κ2) is 8.85. The lowest BCUT2D eigenvalue weighted by atomic mass is 9.97. The molecule has 1 fully saturated rings. The maximum atomic E-state index is 12.2. The van der Waals surface area contributed by atoms with Gasteiger partial charge in [0, 0.05) is 13.1 Å². The Morgan fingerprint density at radius 3 is 2.14 bits per heavy atom. The monoisotopic (exact) mass is 402 g/mol. The van der Waals surface area contributed by atoms with Crippen LogP contribution in [0, 0.1) is 5.92 Å². The van der Waals surface area contributed by atoms with Crippen LogP contribution in [0.2, 0.25) is 0 Å². The Morgan fingerprint density at radius 2 is 1.59 bits per heavy atom. The Bertz CT molecular complexity index is 808. The van der Waals surface area contributed by atoms with E-state index in [9.17, 15) is 24.0 Å². The van der Waals surface area contributed by atoms with Gasteiger partial charge in [-0.25, -0.2) is 0 Å². The van der Waals surface area contributed by atoms with Gasteiger partial charge < -0.3 is 14.4 Å². The molecule has 2 aliphatic rings. The van der Waals surface area contributed by atoms with Crippen LogP contribution in [0.25, 0.3) is 0 Å². The van der Waals surface area contributed by atoms with Gasteiger partial charge >= 0.3 is 11.9 Å². The summed E-state index contributed by atoms with van der Waals surface area (Å²) in [5, 5.41) is 0. The minimum atomic E-state index is -0.839. The van der Waals surface area contributed by atoms with Gasteiger partial charge in [-0.15, -0.1) is 0 Å². The molecule has 9 heteroatoms. The van der Waals surface area contributed by atoms with E-state index < -0.39 is 30.9 Å². The maximum Gasteiger partial charge on any atom is 0.326 e. The lowest BCUT2D eigenvalue weighted by Crippen LogP contribution is -2.43. The molecule has 154 valence electrons. The van der Waals surface area contributed by atoms with Gasteiger partial charge in [0.1, 0.15) is 6.54 Å². The summed E-state index contributed by atoms with van der Waals surface area (Å²) in [5.74, 6) is -2.83. The average molecular weight is 402 g/mol. The van der Waals surface area contributed by atoms with Gasteiger partial charge in [-0.2, -0.15) is 0 Å². The number of carbonyl (C=O) groups excluding carboxylic acids is 5. The van der Waals surface area contributed by atoms with Crippen LogP contribution in [-0.4, -0.2) is 72.3 Å². The Balaban J connectivity index is 1.45. The van der Waals surface area contributed by atoms with E-state index in [1.165, 1.54) is 17.0 Å². The molecule has 0 aliphatic carbocycles. The topological polar surface area (TPSA) is 110 Å². The molecule has 0 atom stereocenters. The van der Waals surface area contributed by atoms with E-state index >= 15 is 0 Å². The molecule has 2 heterocycles. The number of likely N-dealkylation sites (tertiary alicyclic amines) is 1. The lowest BCUT2D eigenvalue weighted by Gasteiger charge is -2.30. The predicted molar refractivity (Wildman–Crippen MR) is 98.7 cm³/mol.